The maximum absolute atomic E-state index is 8.86. The Morgan fingerprint density at radius 1 is 1.46 bits per heavy atom. The summed E-state index contributed by atoms with van der Waals surface area (Å²) < 4.78 is 0. The van der Waals surface area contributed by atoms with Crippen molar-refractivity contribution in [1.82, 2.24) is 0 Å². The Morgan fingerprint density at radius 3 is 2.92 bits per heavy atom. The highest BCUT2D eigenvalue weighted by Crippen LogP contribution is 2.27. The van der Waals surface area contributed by atoms with E-state index in [0.717, 1.165) is 17.7 Å². The van der Waals surface area contributed by atoms with Crippen LogP contribution in [0, 0.1) is 12.8 Å². The lowest BCUT2D eigenvalue weighted by Crippen LogP contribution is -2.05. The summed E-state index contributed by atoms with van der Waals surface area (Å²) in [6, 6.07) is 6.32. The van der Waals surface area contributed by atoms with Gasteiger partial charge in [-0.1, -0.05) is 29.8 Å². The van der Waals surface area contributed by atoms with Crippen LogP contribution < -0.4 is 0 Å². The summed E-state index contributed by atoms with van der Waals surface area (Å²) in [5, 5.41) is 12.2. The van der Waals surface area contributed by atoms with Gasteiger partial charge in [-0.15, -0.1) is 0 Å². The van der Waals surface area contributed by atoms with E-state index in [4.69, 9.17) is 5.21 Å². The Hall–Kier alpha value is -1.31. The molecule has 1 aromatic rings. The molecule has 0 saturated heterocycles. The number of hydrogen-bond donors (Lipinski definition) is 1. The van der Waals surface area contributed by atoms with Gasteiger partial charge in [0.05, 0.1) is 5.71 Å². The van der Waals surface area contributed by atoms with Gasteiger partial charge in [0, 0.05) is 11.5 Å². The van der Waals surface area contributed by atoms with Gasteiger partial charge in [-0.05, 0) is 25.0 Å². The van der Waals surface area contributed by atoms with Gasteiger partial charge >= 0.3 is 0 Å². The van der Waals surface area contributed by atoms with Crippen molar-refractivity contribution >= 4 is 5.71 Å². The summed E-state index contributed by atoms with van der Waals surface area (Å²) in [6.45, 7) is 4.14. The van der Waals surface area contributed by atoms with Crippen LogP contribution in [0.15, 0.2) is 23.4 Å². The van der Waals surface area contributed by atoms with Crippen LogP contribution in [-0.2, 0) is 6.42 Å². The molecule has 2 nitrogen and oxygen atoms in total. The minimum atomic E-state index is 0.349. The second-order valence-corrected chi connectivity index (χ2v) is 3.75. The van der Waals surface area contributed by atoms with Gasteiger partial charge < -0.3 is 5.21 Å². The van der Waals surface area contributed by atoms with E-state index in [2.05, 4.69) is 37.2 Å². The van der Waals surface area contributed by atoms with Crippen molar-refractivity contribution in [3.05, 3.63) is 34.9 Å². The number of rotatable bonds is 0. The standard InChI is InChI=1S/C11H13NO/c1-7-3-4-9-6-8(2)11(12-13)10(9)5-7/h3-5,8,13H,6H2,1-2H3/b12-11+. The number of aryl methyl sites for hydroxylation is 1. The first-order valence-electron chi connectivity index (χ1n) is 4.54. The van der Waals surface area contributed by atoms with Gasteiger partial charge in [-0.2, -0.15) is 0 Å². The lowest BCUT2D eigenvalue weighted by atomic mass is 10.1. The van der Waals surface area contributed by atoms with Crippen molar-refractivity contribution < 1.29 is 5.21 Å². The van der Waals surface area contributed by atoms with Gasteiger partial charge in [-0.25, -0.2) is 0 Å². The largest absolute Gasteiger partial charge is 0.411 e. The fourth-order valence-electron chi connectivity index (χ4n) is 1.95. The first kappa shape index (κ1) is 8.30. The van der Waals surface area contributed by atoms with Crippen LogP contribution >= 0.6 is 0 Å². The third-order valence-corrected chi connectivity index (χ3v) is 2.64. The van der Waals surface area contributed by atoms with Crippen molar-refractivity contribution in [2.45, 2.75) is 20.3 Å². The van der Waals surface area contributed by atoms with Gasteiger partial charge in [0.1, 0.15) is 0 Å². The van der Waals surface area contributed by atoms with Crippen molar-refractivity contribution in [1.29, 1.82) is 0 Å². The second-order valence-electron chi connectivity index (χ2n) is 3.75. The molecule has 0 saturated carbocycles. The molecule has 0 spiro atoms. The highest BCUT2D eigenvalue weighted by atomic mass is 16.4. The Labute approximate surface area is 77.9 Å². The fraction of sp³-hybridized carbons (Fsp3) is 0.364. The molecule has 1 atom stereocenters. The quantitative estimate of drug-likeness (QED) is 0.476. The molecule has 13 heavy (non-hydrogen) atoms. The van der Waals surface area contributed by atoms with Crippen molar-refractivity contribution in [3.63, 3.8) is 0 Å². The normalized spacial score (nSPS) is 23.5. The van der Waals surface area contributed by atoms with Crippen LogP contribution in [0.1, 0.15) is 23.6 Å². The maximum atomic E-state index is 8.86. The molecule has 2 heteroatoms. The summed E-state index contributed by atoms with van der Waals surface area (Å²) in [6.07, 6.45) is 0.995. The topological polar surface area (TPSA) is 32.6 Å². The molecule has 1 aliphatic rings. The number of oxime groups is 1. The molecule has 1 unspecified atom stereocenters. The summed E-state index contributed by atoms with van der Waals surface area (Å²) in [7, 11) is 0. The molecular weight excluding hydrogens is 162 g/mol. The lowest BCUT2D eigenvalue weighted by molar-refractivity contribution is 0.316. The van der Waals surface area contributed by atoms with Gasteiger partial charge in [0.25, 0.3) is 0 Å². The average molecular weight is 175 g/mol. The first-order valence-corrected chi connectivity index (χ1v) is 4.54. The van der Waals surface area contributed by atoms with Gasteiger partial charge in [0.15, 0.2) is 0 Å². The molecule has 2 rings (SSSR count). The Bertz CT molecular complexity index is 368. The first-order chi connectivity index (χ1) is 6.22. The average Bonchev–Trinajstić information content (AvgIpc) is 2.40. The third kappa shape index (κ3) is 1.22. The van der Waals surface area contributed by atoms with E-state index in [1.165, 1.54) is 11.1 Å². The minimum absolute atomic E-state index is 0.349. The van der Waals surface area contributed by atoms with Gasteiger partial charge in [-0.3, -0.25) is 0 Å². The van der Waals surface area contributed by atoms with E-state index in [0.29, 0.717) is 5.92 Å². The van der Waals surface area contributed by atoms with E-state index in [1.54, 1.807) is 0 Å². The Morgan fingerprint density at radius 2 is 2.23 bits per heavy atom. The Balaban J connectivity index is 2.57. The van der Waals surface area contributed by atoms with Crippen LogP contribution in [0.3, 0.4) is 0 Å². The van der Waals surface area contributed by atoms with Crippen LogP contribution in [0.5, 0.6) is 0 Å². The van der Waals surface area contributed by atoms with E-state index >= 15 is 0 Å². The molecule has 0 fully saturated rings. The number of fused-ring (bicyclic) bond motifs is 1. The summed E-state index contributed by atoms with van der Waals surface area (Å²) in [4.78, 5) is 0. The van der Waals surface area contributed by atoms with Crippen LogP contribution in [-0.4, -0.2) is 10.9 Å². The lowest BCUT2D eigenvalue weighted by Gasteiger charge is -2.01. The van der Waals surface area contributed by atoms with Crippen molar-refractivity contribution in [2.75, 3.05) is 0 Å². The predicted molar refractivity (Wildman–Crippen MR) is 52.4 cm³/mol. The molecule has 1 aromatic carbocycles. The summed E-state index contributed by atoms with van der Waals surface area (Å²) in [5.74, 6) is 0.349. The van der Waals surface area contributed by atoms with Crippen LogP contribution in [0.4, 0.5) is 0 Å². The number of benzene rings is 1. The molecule has 0 aliphatic heterocycles. The molecule has 0 bridgehead atoms. The minimum Gasteiger partial charge on any atom is -0.411 e. The third-order valence-electron chi connectivity index (χ3n) is 2.64. The van der Waals surface area contributed by atoms with E-state index in [1.807, 2.05) is 0 Å². The highest BCUT2D eigenvalue weighted by Gasteiger charge is 2.25. The predicted octanol–water partition coefficient (Wildman–Crippen LogP) is 2.37. The van der Waals surface area contributed by atoms with Crippen molar-refractivity contribution in [2.24, 2.45) is 11.1 Å². The van der Waals surface area contributed by atoms with E-state index in [-0.39, 0.29) is 0 Å². The zero-order chi connectivity index (χ0) is 9.42. The highest BCUT2D eigenvalue weighted by molar-refractivity contribution is 6.05. The summed E-state index contributed by atoms with van der Waals surface area (Å²) >= 11 is 0. The molecule has 0 amide bonds. The van der Waals surface area contributed by atoms with Crippen LogP contribution in [0.2, 0.25) is 0 Å². The fourth-order valence-corrected chi connectivity index (χ4v) is 1.95. The van der Waals surface area contributed by atoms with Crippen molar-refractivity contribution in [3.8, 4) is 0 Å². The number of hydrogen-bond acceptors (Lipinski definition) is 2. The van der Waals surface area contributed by atoms with E-state index < -0.39 is 0 Å². The molecular formula is C11H13NO. The zero-order valence-corrected chi connectivity index (χ0v) is 7.91. The number of nitrogens with zero attached hydrogens (tertiary/aromatic N) is 1. The molecule has 68 valence electrons. The molecule has 0 radical (unpaired) electrons. The Kier molecular flexibility index (Phi) is 1.83. The maximum Gasteiger partial charge on any atom is 0.0902 e. The monoisotopic (exact) mass is 175 g/mol. The smallest absolute Gasteiger partial charge is 0.0902 e. The van der Waals surface area contributed by atoms with E-state index in [9.17, 15) is 0 Å². The molecule has 1 N–H and O–H groups in total. The van der Waals surface area contributed by atoms with Crippen LogP contribution in [0.25, 0.3) is 0 Å². The summed E-state index contributed by atoms with van der Waals surface area (Å²) in [5.41, 5.74) is 4.47. The second kappa shape index (κ2) is 2.87. The van der Waals surface area contributed by atoms with Gasteiger partial charge in [0.2, 0.25) is 0 Å². The molecule has 0 heterocycles. The zero-order valence-electron chi connectivity index (χ0n) is 7.91. The molecule has 0 aromatic heterocycles. The molecule has 1 aliphatic carbocycles. The SMILES string of the molecule is Cc1ccc2c(c1)/C(=N/O)C(C)C2.